The van der Waals surface area contributed by atoms with Crippen molar-refractivity contribution in [2.24, 2.45) is 0 Å². The molecule has 0 bridgehead atoms. The van der Waals surface area contributed by atoms with Crippen molar-refractivity contribution in [1.82, 2.24) is 0 Å². The number of ketones is 1. The fourth-order valence-corrected chi connectivity index (χ4v) is 1.85. The summed E-state index contributed by atoms with van der Waals surface area (Å²) in [4.78, 5) is 10.8. The fraction of sp³-hybridized carbons (Fsp3) is 0.833. The molecule has 1 rings (SSSR count). The molecule has 2 heteroatoms. The van der Waals surface area contributed by atoms with Crippen LogP contribution in [0.3, 0.4) is 0 Å². The van der Waals surface area contributed by atoms with Crippen LogP contribution >= 0.6 is 0 Å². The monoisotopic (exact) mass is 128 g/mol. The van der Waals surface area contributed by atoms with E-state index in [9.17, 15) is 4.79 Å². The first kappa shape index (κ1) is 6.01. The maximum atomic E-state index is 10.8. The number of carbonyl (C=O) groups excluding carboxylic acids is 1. The number of hydrogen-bond acceptors (Lipinski definition) is 1. The van der Waals surface area contributed by atoms with Gasteiger partial charge < -0.3 is 0 Å². The Bertz CT molecular complexity index is 101. The lowest BCUT2D eigenvalue weighted by molar-refractivity contribution is -0.120. The Kier molecular flexibility index (Phi) is 1.84. The lowest BCUT2D eigenvalue weighted by Crippen LogP contribution is -2.12. The molecule has 0 heterocycles. The van der Waals surface area contributed by atoms with Crippen LogP contribution in [0.4, 0.5) is 0 Å². The van der Waals surface area contributed by atoms with Crippen LogP contribution in [0.5, 0.6) is 0 Å². The maximum absolute atomic E-state index is 10.8. The van der Waals surface area contributed by atoms with Gasteiger partial charge in [-0.3, -0.25) is 4.79 Å². The van der Waals surface area contributed by atoms with Crippen LogP contribution in [0, 0.1) is 0 Å². The van der Waals surface area contributed by atoms with E-state index < -0.39 is 0 Å². The summed E-state index contributed by atoms with van der Waals surface area (Å²) in [5.74, 6) is 0.530. The summed E-state index contributed by atoms with van der Waals surface area (Å²) < 4.78 is 0. The second-order valence-electron chi connectivity index (χ2n) is 2.61. The van der Waals surface area contributed by atoms with Crippen LogP contribution in [0.2, 0.25) is 5.54 Å². The van der Waals surface area contributed by atoms with E-state index in [0.717, 1.165) is 23.1 Å². The summed E-state index contributed by atoms with van der Waals surface area (Å²) >= 11 is 0. The van der Waals surface area contributed by atoms with E-state index in [1.54, 1.807) is 0 Å². The average molecular weight is 128 g/mol. The zero-order chi connectivity index (χ0) is 5.98. The molecule has 0 aromatic carbocycles. The van der Waals surface area contributed by atoms with Crippen molar-refractivity contribution in [2.75, 3.05) is 0 Å². The summed E-state index contributed by atoms with van der Waals surface area (Å²) in [6.45, 7) is 0. The molecule has 1 fully saturated rings. The molecule has 1 aliphatic carbocycles. The maximum Gasteiger partial charge on any atom is 0.132 e. The number of rotatable bonds is 0. The van der Waals surface area contributed by atoms with Gasteiger partial charge >= 0.3 is 0 Å². The lowest BCUT2D eigenvalue weighted by Gasteiger charge is -2.14. The minimum atomic E-state index is 0.503. The van der Waals surface area contributed by atoms with Gasteiger partial charge in [0.25, 0.3) is 0 Å². The molecule has 0 aromatic rings. The van der Waals surface area contributed by atoms with Gasteiger partial charge in [-0.05, 0) is 12.8 Å². The zero-order valence-corrected chi connectivity index (χ0v) is 7.31. The first-order valence-corrected chi connectivity index (χ1v) is 4.49. The first-order chi connectivity index (χ1) is 3.80. The number of carbonyl (C=O) groups is 1. The largest absolute Gasteiger partial charge is 0.300 e. The van der Waals surface area contributed by atoms with Gasteiger partial charge in [-0.2, -0.15) is 0 Å². The molecule has 1 saturated carbocycles. The SMILES string of the molecule is O=C1CCCCC1[SiH3]. The number of Topliss-reactive ketones (excluding diaryl/α,β-unsaturated/α-hetero) is 1. The van der Waals surface area contributed by atoms with E-state index in [4.69, 9.17) is 0 Å². The van der Waals surface area contributed by atoms with E-state index >= 15 is 0 Å². The summed E-state index contributed by atoms with van der Waals surface area (Å²) in [7, 11) is 1.08. The Morgan fingerprint density at radius 2 is 2.25 bits per heavy atom. The van der Waals surface area contributed by atoms with Crippen LogP contribution in [-0.2, 0) is 4.79 Å². The molecule has 0 N–H and O–H groups in total. The third-order valence-corrected chi connectivity index (χ3v) is 3.08. The van der Waals surface area contributed by atoms with Gasteiger partial charge in [0.1, 0.15) is 5.78 Å². The fourth-order valence-electron chi connectivity index (χ4n) is 1.16. The van der Waals surface area contributed by atoms with E-state index in [0.29, 0.717) is 11.3 Å². The third kappa shape index (κ3) is 1.19. The number of hydrogen-bond donors (Lipinski definition) is 0. The third-order valence-electron chi connectivity index (χ3n) is 1.86. The topological polar surface area (TPSA) is 17.1 Å². The molecule has 0 saturated heterocycles. The van der Waals surface area contributed by atoms with E-state index in [-0.39, 0.29) is 0 Å². The standard InChI is InChI=1S/C6H12OSi/c7-5-3-1-2-4-6(5)8/h6H,1-4H2,8H3. The van der Waals surface area contributed by atoms with Crippen LogP contribution in [0.15, 0.2) is 0 Å². The predicted octanol–water partition coefficient (Wildman–Crippen LogP) is 0.283. The molecule has 1 unspecified atom stereocenters. The first-order valence-electron chi connectivity index (χ1n) is 3.33. The Balaban J connectivity index is 2.39. The normalized spacial score (nSPS) is 31.0. The summed E-state index contributed by atoms with van der Waals surface area (Å²) in [5, 5.41) is 0. The van der Waals surface area contributed by atoms with Gasteiger partial charge in [0.2, 0.25) is 0 Å². The smallest absolute Gasteiger partial charge is 0.132 e. The Morgan fingerprint density at radius 3 is 2.62 bits per heavy atom. The van der Waals surface area contributed by atoms with Crippen molar-refractivity contribution in [1.29, 1.82) is 0 Å². The Hall–Kier alpha value is -0.113. The van der Waals surface area contributed by atoms with Crippen molar-refractivity contribution in [3.05, 3.63) is 0 Å². The van der Waals surface area contributed by atoms with Crippen LogP contribution < -0.4 is 0 Å². The van der Waals surface area contributed by atoms with Crippen molar-refractivity contribution >= 4 is 16.0 Å². The average Bonchev–Trinajstić information content (AvgIpc) is 1.77. The van der Waals surface area contributed by atoms with Gasteiger partial charge in [-0.15, -0.1) is 0 Å². The van der Waals surface area contributed by atoms with Crippen molar-refractivity contribution in [2.45, 2.75) is 31.2 Å². The highest BCUT2D eigenvalue weighted by Gasteiger charge is 2.16. The van der Waals surface area contributed by atoms with Crippen molar-refractivity contribution < 1.29 is 4.79 Å². The Labute approximate surface area is 52.9 Å². The van der Waals surface area contributed by atoms with E-state index in [2.05, 4.69) is 0 Å². The minimum absolute atomic E-state index is 0.503. The van der Waals surface area contributed by atoms with Crippen LogP contribution in [-0.4, -0.2) is 16.0 Å². The van der Waals surface area contributed by atoms with Gasteiger partial charge in [0, 0.05) is 22.2 Å². The molecule has 46 valence electrons. The second-order valence-corrected chi connectivity index (χ2v) is 4.01. The molecule has 1 atom stereocenters. The zero-order valence-electron chi connectivity index (χ0n) is 5.31. The molecule has 0 spiro atoms. The predicted molar refractivity (Wildman–Crippen MR) is 37.2 cm³/mol. The molecule has 0 aliphatic heterocycles. The molecule has 0 aromatic heterocycles. The van der Waals surface area contributed by atoms with Crippen LogP contribution in [0.25, 0.3) is 0 Å². The summed E-state index contributed by atoms with van der Waals surface area (Å²) in [6, 6.07) is 0. The second kappa shape index (κ2) is 2.44. The van der Waals surface area contributed by atoms with Gasteiger partial charge in [0.05, 0.1) is 0 Å². The van der Waals surface area contributed by atoms with Gasteiger partial charge in [-0.25, -0.2) is 0 Å². The summed E-state index contributed by atoms with van der Waals surface area (Å²) in [6.07, 6.45) is 4.50. The molecule has 0 amide bonds. The molecule has 8 heavy (non-hydrogen) atoms. The highest BCUT2D eigenvalue weighted by molar-refractivity contribution is 6.24. The highest BCUT2D eigenvalue weighted by Crippen LogP contribution is 2.21. The van der Waals surface area contributed by atoms with E-state index in [1.165, 1.54) is 12.8 Å². The van der Waals surface area contributed by atoms with E-state index in [1.807, 2.05) is 0 Å². The van der Waals surface area contributed by atoms with Crippen molar-refractivity contribution in [3.63, 3.8) is 0 Å². The van der Waals surface area contributed by atoms with Gasteiger partial charge in [0.15, 0.2) is 0 Å². The van der Waals surface area contributed by atoms with Crippen LogP contribution in [0.1, 0.15) is 25.7 Å². The minimum Gasteiger partial charge on any atom is -0.300 e. The van der Waals surface area contributed by atoms with Crippen molar-refractivity contribution in [3.8, 4) is 0 Å². The molecule has 1 nitrogen and oxygen atoms in total. The molecular weight excluding hydrogens is 116 g/mol. The Morgan fingerprint density at radius 1 is 1.50 bits per heavy atom. The quantitative estimate of drug-likeness (QED) is 0.428. The summed E-state index contributed by atoms with van der Waals surface area (Å²) in [5.41, 5.74) is 0.503. The molecule has 1 aliphatic rings. The molecule has 0 radical (unpaired) electrons. The van der Waals surface area contributed by atoms with Gasteiger partial charge in [-0.1, -0.05) is 6.42 Å². The highest BCUT2D eigenvalue weighted by atomic mass is 28.1. The lowest BCUT2D eigenvalue weighted by atomic mass is 9.99. The molecular formula is C6H12OSi.